The summed E-state index contributed by atoms with van der Waals surface area (Å²) in [5, 5.41) is 21.9. The van der Waals surface area contributed by atoms with Gasteiger partial charge in [-0.2, -0.15) is 0 Å². The SMILES string of the molecule is O=C(O)c1csc([C@H]2CC[C@@H]3[C@@H](CCCOCc4ccccc4)[C@H](O)C[C@@H]3O2)n1. The van der Waals surface area contributed by atoms with Gasteiger partial charge in [0.1, 0.15) is 11.1 Å². The van der Waals surface area contributed by atoms with Crippen molar-refractivity contribution in [2.75, 3.05) is 6.61 Å². The van der Waals surface area contributed by atoms with Crippen molar-refractivity contribution in [1.29, 1.82) is 0 Å². The molecule has 0 amide bonds. The number of aliphatic hydroxyl groups is 1. The summed E-state index contributed by atoms with van der Waals surface area (Å²) in [6.07, 6.45) is 3.83. The minimum Gasteiger partial charge on any atom is -0.476 e. The van der Waals surface area contributed by atoms with Crippen molar-refractivity contribution >= 4 is 17.3 Å². The number of ether oxygens (including phenoxy) is 2. The third-order valence-electron chi connectivity index (χ3n) is 6.05. The minimum atomic E-state index is -1.01. The standard InChI is InChI=1S/C22H27NO5S/c24-18-11-20-16(8-9-19(28-20)21-23-17(13-29-21)22(25)26)15(18)7-4-10-27-12-14-5-2-1-3-6-14/h1-3,5-6,13,15-16,18-20,24H,4,7-12H2,(H,25,26)/t15-,16-,18-,19-,20+/m1/s1. The van der Waals surface area contributed by atoms with Gasteiger partial charge in [-0.15, -0.1) is 11.3 Å². The summed E-state index contributed by atoms with van der Waals surface area (Å²) in [6.45, 7) is 1.31. The van der Waals surface area contributed by atoms with Crippen LogP contribution in [0.15, 0.2) is 35.7 Å². The number of hydrogen-bond donors (Lipinski definition) is 2. The van der Waals surface area contributed by atoms with Gasteiger partial charge in [0.05, 0.1) is 18.8 Å². The maximum Gasteiger partial charge on any atom is 0.355 e. The predicted molar refractivity (Wildman–Crippen MR) is 109 cm³/mol. The summed E-state index contributed by atoms with van der Waals surface area (Å²) in [7, 11) is 0. The molecule has 2 aliphatic rings. The topological polar surface area (TPSA) is 88.9 Å². The van der Waals surface area contributed by atoms with Crippen molar-refractivity contribution in [1.82, 2.24) is 4.98 Å². The molecule has 2 aromatic rings. The Morgan fingerprint density at radius 2 is 2.10 bits per heavy atom. The van der Waals surface area contributed by atoms with Crippen molar-refractivity contribution in [3.05, 3.63) is 52.0 Å². The van der Waals surface area contributed by atoms with Gasteiger partial charge < -0.3 is 19.7 Å². The van der Waals surface area contributed by atoms with Crippen LogP contribution < -0.4 is 0 Å². The first-order valence-corrected chi connectivity index (χ1v) is 11.1. The largest absolute Gasteiger partial charge is 0.476 e. The number of rotatable bonds is 8. The highest BCUT2D eigenvalue weighted by Crippen LogP contribution is 2.47. The van der Waals surface area contributed by atoms with Gasteiger partial charge in [-0.3, -0.25) is 0 Å². The fourth-order valence-electron chi connectivity index (χ4n) is 4.64. The zero-order valence-electron chi connectivity index (χ0n) is 16.3. The van der Waals surface area contributed by atoms with E-state index in [2.05, 4.69) is 17.1 Å². The Morgan fingerprint density at radius 3 is 2.86 bits per heavy atom. The first-order chi connectivity index (χ1) is 14.1. The zero-order chi connectivity index (χ0) is 20.2. The average molecular weight is 418 g/mol. The molecule has 29 heavy (non-hydrogen) atoms. The summed E-state index contributed by atoms with van der Waals surface area (Å²) < 4.78 is 12.0. The van der Waals surface area contributed by atoms with E-state index in [1.807, 2.05) is 18.2 Å². The molecule has 1 aromatic heterocycles. The van der Waals surface area contributed by atoms with E-state index in [-0.39, 0.29) is 29.9 Å². The molecule has 6 nitrogen and oxygen atoms in total. The van der Waals surface area contributed by atoms with Crippen LogP contribution in [0.2, 0.25) is 0 Å². The van der Waals surface area contributed by atoms with E-state index in [0.29, 0.717) is 25.6 Å². The van der Waals surface area contributed by atoms with Crippen LogP contribution in [0.5, 0.6) is 0 Å². The van der Waals surface area contributed by atoms with Gasteiger partial charge >= 0.3 is 5.97 Å². The molecule has 2 fully saturated rings. The highest BCUT2D eigenvalue weighted by molar-refractivity contribution is 7.09. The molecular formula is C22H27NO5S. The molecule has 7 heteroatoms. The maximum absolute atomic E-state index is 11.1. The molecule has 0 bridgehead atoms. The second-order valence-electron chi connectivity index (χ2n) is 7.93. The van der Waals surface area contributed by atoms with Gasteiger partial charge in [0.25, 0.3) is 0 Å². The third kappa shape index (κ3) is 4.86. The normalized spacial score (nSPS) is 28.9. The quantitative estimate of drug-likeness (QED) is 0.630. The van der Waals surface area contributed by atoms with Crippen molar-refractivity contribution in [3.63, 3.8) is 0 Å². The number of nitrogens with zero attached hydrogens (tertiary/aromatic N) is 1. The van der Waals surface area contributed by atoms with Crippen LogP contribution in [-0.4, -0.2) is 40.0 Å². The Morgan fingerprint density at radius 1 is 1.28 bits per heavy atom. The Kier molecular flexibility index (Phi) is 6.60. The molecule has 0 radical (unpaired) electrons. The van der Waals surface area contributed by atoms with Crippen molar-refractivity contribution < 1.29 is 24.5 Å². The number of aromatic carboxylic acids is 1. The van der Waals surface area contributed by atoms with Crippen molar-refractivity contribution in [3.8, 4) is 0 Å². The van der Waals surface area contributed by atoms with Crippen LogP contribution >= 0.6 is 11.3 Å². The van der Waals surface area contributed by atoms with Gasteiger partial charge in [0.15, 0.2) is 5.69 Å². The fraction of sp³-hybridized carbons (Fsp3) is 0.545. The molecular weight excluding hydrogens is 390 g/mol. The molecule has 2 N–H and O–H groups in total. The monoisotopic (exact) mass is 417 g/mol. The molecule has 1 aliphatic carbocycles. The number of thiazole rings is 1. The minimum absolute atomic E-state index is 0.0242. The van der Waals surface area contributed by atoms with Gasteiger partial charge in [-0.25, -0.2) is 9.78 Å². The lowest BCUT2D eigenvalue weighted by Crippen LogP contribution is -2.30. The van der Waals surface area contributed by atoms with E-state index in [0.717, 1.165) is 30.7 Å². The number of aromatic nitrogens is 1. The number of carboxylic acid groups (broad SMARTS) is 1. The molecule has 4 rings (SSSR count). The first-order valence-electron chi connectivity index (χ1n) is 10.3. The molecule has 2 heterocycles. The van der Waals surface area contributed by atoms with Crippen LogP contribution in [0.1, 0.15) is 59.3 Å². The van der Waals surface area contributed by atoms with E-state index < -0.39 is 5.97 Å². The molecule has 156 valence electrons. The second kappa shape index (κ2) is 9.34. The van der Waals surface area contributed by atoms with E-state index in [9.17, 15) is 9.90 Å². The highest BCUT2D eigenvalue weighted by Gasteiger charge is 2.46. The van der Waals surface area contributed by atoms with E-state index in [4.69, 9.17) is 14.6 Å². The number of carbonyl (C=O) groups is 1. The number of aliphatic hydroxyl groups excluding tert-OH is 1. The van der Waals surface area contributed by atoms with Gasteiger partial charge in [-0.1, -0.05) is 30.3 Å². The fourth-order valence-corrected chi connectivity index (χ4v) is 5.50. The van der Waals surface area contributed by atoms with E-state index in [1.165, 1.54) is 16.9 Å². The molecule has 0 unspecified atom stereocenters. The predicted octanol–water partition coefficient (Wildman–Crippen LogP) is 4.06. The molecule has 0 spiro atoms. The summed E-state index contributed by atoms with van der Waals surface area (Å²) in [5.41, 5.74) is 1.25. The summed E-state index contributed by atoms with van der Waals surface area (Å²) in [6, 6.07) is 10.1. The summed E-state index contributed by atoms with van der Waals surface area (Å²) in [4.78, 5) is 15.2. The van der Waals surface area contributed by atoms with Crippen LogP contribution in [0.25, 0.3) is 0 Å². The number of carboxylic acids is 1. The van der Waals surface area contributed by atoms with Crippen LogP contribution in [0, 0.1) is 11.8 Å². The molecule has 1 aliphatic heterocycles. The third-order valence-corrected chi connectivity index (χ3v) is 6.99. The molecule has 5 atom stereocenters. The van der Waals surface area contributed by atoms with Crippen molar-refractivity contribution in [2.24, 2.45) is 11.8 Å². The second-order valence-corrected chi connectivity index (χ2v) is 8.82. The molecule has 1 aromatic carbocycles. The Labute approximate surface area is 174 Å². The molecule has 1 saturated carbocycles. The lowest BCUT2D eigenvalue weighted by atomic mass is 9.84. The Hall–Kier alpha value is -1.80. The van der Waals surface area contributed by atoms with Gasteiger partial charge in [0.2, 0.25) is 0 Å². The van der Waals surface area contributed by atoms with E-state index >= 15 is 0 Å². The van der Waals surface area contributed by atoms with E-state index in [1.54, 1.807) is 5.38 Å². The zero-order valence-corrected chi connectivity index (χ0v) is 17.1. The lowest BCUT2D eigenvalue weighted by Gasteiger charge is -2.34. The van der Waals surface area contributed by atoms with Gasteiger partial charge in [-0.05, 0) is 43.1 Å². The number of benzene rings is 1. The Bertz CT molecular complexity index is 811. The highest BCUT2D eigenvalue weighted by atomic mass is 32.1. The van der Waals surface area contributed by atoms with Crippen LogP contribution in [0.4, 0.5) is 0 Å². The summed E-state index contributed by atoms with van der Waals surface area (Å²) >= 11 is 1.34. The van der Waals surface area contributed by atoms with Crippen molar-refractivity contribution in [2.45, 2.75) is 57.0 Å². The summed E-state index contributed by atoms with van der Waals surface area (Å²) in [5.74, 6) is -0.409. The van der Waals surface area contributed by atoms with Crippen LogP contribution in [-0.2, 0) is 16.1 Å². The average Bonchev–Trinajstić information content (AvgIpc) is 3.33. The molecule has 1 saturated heterocycles. The van der Waals surface area contributed by atoms with Gasteiger partial charge in [0, 0.05) is 18.4 Å². The Balaban J connectivity index is 1.24. The van der Waals surface area contributed by atoms with Crippen LogP contribution in [0.3, 0.4) is 0 Å². The number of fused-ring (bicyclic) bond motifs is 1. The number of hydrogen-bond acceptors (Lipinski definition) is 6. The lowest BCUT2D eigenvalue weighted by molar-refractivity contribution is -0.0798. The smallest absolute Gasteiger partial charge is 0.355 e. The first kappa shape index (κ1) is 20.5. The maximum atomic E-state index is 11.1.